The average Bonchev–Trinajstić information content (AvgIpc) is 2.63. The highest BCUT2D eigenvalue weighted by molar-refractivity contribution is 7.99. The molecule has 0 spiro atoms. The van der Waals surface area contributed by atoms with Gasteiger partial charge in [-0.2, -0.15) is 0 Å². The number of methoxy groups -OCH3 is 1. The highest BCUT2D eigenvalue weighted by Crippen LogP contribution is 2.29. The van der Waals surface area contributed by atoms with Gasteiger partial charge in [-0.15, -0.1) is 11.8 Å². The first kappa shape index (κ1) is 20.1. The number of rotatable bonds is 9. The number of aromatic nitrogens is 1. The van der Waals surface area contributed by atoms with E-state index in [2.05, 4.69) is 10.3 Å². The van der Waals surface area contributed by atoms with Gasteiger partial charge in [0.05, 0.1) is 24.1 Å². The second-order valence-corrected chi connectivity index (χ2v) is 8.33. The van der Waals surface area contributed by atoms with E-state index in [1.165, 1.54) is 18.9 Å². The quantitative estimate of drug-likeness (QED) is 0.514. The molecule has 1 aromatic heterocycles. The molecule has 0 aliphatic rings. The third-order valence-electron chi connectivity index (χ3n) is 3.35. The van der Waals surface area contributed by atoms with Gasteiger partial charge in [-0.3, -0.25) is 9.10 Å². The van der Waals surface area contributed by atoms with E-state index in [-0.39, 0.29) is 12.5 Å². The molecular weight excluding hydrogens is 374 g/mol. The van der Waals surface area contributed by atoms with Gasteiger partial charge in [-0.05, 0) is 24.3 Å². The summed E-state index contributed by atoms with van der Waals surface area (Å²) in [6.07, 6.45) is 2.77. The van der Waals surface area contributed by atoms with E-state index in [1.54, 1.807) is 30.5 Å². The number of anilines is 1. The lowest BCUT2D eigenvalue weighted by atomic mass is 10.3. The molecule has 7 nitrogen and oxygen atoms in total. The van der Waals surface area contributed by atoms with Crippen molar-refractivity contribution < 1.29 is 17.9 Å². The molecule has 140 valence electrons. The third-order valence-corrected chi connectivity index (χ3v) is 5.43. The molecular formula is C17H21N3O4S2. The Bertz CT molecular complexity index is 829. The van der Waals surface area contributed by atoms with E-state index >= 15 is 0 Å². The topological polar surface area (TPSA) is 88.6 Å². The molecule has 2 aromatic rings. The summed E-state index contributed by atoms with van der Waals surface area (Å²) in [5.74, 6) is 0.635. The van der Waals surface area contributed by atoms with E-state index in [9.17, 15) is 13.2 Å². The minimum absolute atomic E-state index is 0.312. The molecule has 9 heteroatoms. The lowest BCUT2D eigenvalue weighted by Crippen LogP contribution is -2.41. The maximum Gasteiger partial charge on any atom is 0.240 e. The number of nitrogens with one attached hydrogen (secondary N) is 1. The second kappa shape index (κ2) is 9.44. The van der Waals surface area contributed by atoms with Crippen molar-refractivity contribution in [2.75, 3.05) is 36.5 Å². The molecule has 0 unspecified atom stereocenters. The van der Waals surface area contributed by atoms with E-state index in [4.69, 9.17) is 4.74 Å². The Kier molecular flexibility index (Phi) is 7.28. The maximum absolute atomic E-state index is 12.2. The number of benzene rings is 1. The van der Waals surface area contributed by atoms with Crippen LogP contribution >= 0.6 is 11.8 Å². The van der Waals surface area contributed by atoms with Gasteiger partial charge >= 0.3 is 0 Å². The molecule has 1 aromatic carbocycles. The van der Waals surface area contributed by atoms with Crippen molar-refractivity contribution in [2.45, 2.75) is 5.03 Å². The Morgan fingerprint density at radius 3 is 2.62 bits per heavy atom. The Hall–Kier alpha value is -2.26. The number of carbonyl (C=O) groups excluding carboxylic acids is 1. The first-order valence-electron chi connectivity index (χ1n) is 7.83. The van der Waals surface area contributed by atoms with E-state index in [0.717, 1.165) is 15.6 Å². The zero-order chi connectivity index (χ0) is 19.0. The monoisotopic (exact) mass is 395 g/mol. The lowest BCUT2D eigenvalue weighted by Gasteiger charge is -2.23. The molecule has 0 fully saturated rings. The third kappa shape index (κ3) is 5.92. The largest absolute Gasteiger partial charge is 0.495 e. The lowest BCUT2D eigenvalue weighted by molar-refractivity contribution is -0.119. The van der Waals surface area contributed by atoms with E-state index < -0.39 is 10.0 Å². The van der Waals surface area contributed by atoms with Crippen LogP contribution in [0.25, 0.3) is 0 Å². The van der Waals surface area contributed by atoms with Crippen LogP contribution in [0.15, 0.2) is 53.7 Å². The molecule has 0 saturated carbocycles. The van der Waals surface area contributed by atoms with Gasteiger partial charge in [-0.25, -0.2) is 13.4 Å². The molecule has 2 rings (SSSR count). The van der Waals surface area contributed by atoms with E-state index in [0.29, 0.717) is 23.7 Å². The van der Waals surface area contributed by atoms with Crippen molar-refractivity contribution in [3.8, 4) is 5.75 Å². The molecule has 0 radical (unpaired) electrons. The minimum Gasteiger partial charge on any atom is -0.495 e. The van der Waals surface area contributed by atoms with Crippen LogP contribution in [0.3, 0.4) is 0 Å². The number of ether oxygens (including phenoxy) is 1. The Morgan fingerprint density at radius 1 is 1.23 bits per heavy atom. The Morgan fingerprint density at radius 2 is 1.96 bits per heavy atom. The van der Waals surface area contributed by atoms with Crippen LogP contribution in [0.2, 0.25) is 0 Å². The summed E-state index contributed by atoms with van der Waals surface area (Å²) >= 11 is 1.51. The second-order valence-electron chi connectivity index (χ2n) is 5.31. The van der Waals surface area contributed by atoms with Crippen LogP contribution in [0.4, 0.5) is 5.69 Å². The van der Waals surface area contributed by atoms with Crippen LogP contribution in [0.1, 0.15) is 0 Å². The predicted octanol–water partition coefficient (Wildman–Crippen LogP) is 1.76. The molecule has 1 heterocycles. The highest BCUT2D eigenvalue weighted by atomic mass is 32.2. The number of thioether (sulfide) groups is 1. The van der Waals surface area contributed by atoms with Gasteiger partial charge < -0.3 is 10.1 Å². The number of nitrogens with zero attached hydrogens (tertiary/aromatic N) is 2. The summed E-state index contributed by atoms with van der Waals surface area (Å²) < 4.78 is 30.5. The zero-order valence-corrected chi connectivity index (χ0v) is 16.2. The van der Waals surface area contributed by atoms with Crippen molar-refractivity contribution in [1.82, 2.24) is 10.3 Å². The van der Waals surface area contributed by atoms with Crippen molar-refractivity contribution in [2.24, 2.45) is 0 Å². The number of hydrogen-bond acceptors (Lipinski definition) is 6. The molecule has 0 aliphatic heterocycles. The fourth-order valence-electron chi connectivity index (χ4n) is 2.18. The molecule has 0 saturated heterocycles. The van der Waals surface area contributed by atoms with Crippen LogP contribution in [0.5, 0.6) is 5.75 Å². The van der Waals surface area contributed by atoms with Crippen molar-refractivity contribution in [3.05, 3.63) is 48.7 Å². The minimum atomic E-state index is -3.64. The molecule has 0 bridgehead atoms. The standard InChI is InChI=1S/C17H21N3O4S2/c1-24-15-8-4-3-7-14(15)20(26(2,22)23)13-16(21)18-11-12-25-17-9-5-6-10-19-17/h3-10H,11-13H2,1-2H3,(H,18,21). The average molecular weight is 396 g/mol. The van der Waals surface area contributed by atoms with Crippen molar-refractivity contribution in [1.29, 1.82) is 0 Å². The zero-order valence-electron chi connectivity index (χ0n) is 14.6. The molecule has 1 amide bonds. The SMILES string of the molecule is COc1ccccc1N(CC(=O)NCCSc1ccccn1)S(C)(=O)=O. The number of carbonyl (C=O) groups is 1. The highest BCUT2D eigenvalue weighted by Gasteiger charge is 2.23. The summed E-state index contributed by atoms with van der Waals surface area (Å²) in [4.78, 5) is 16.4. The smallest absolute Gasteiger partial charge is 0.240 e. The van der Waals surface area contributed by atoms with Gasteiger partial charge in [0.15, 0.2) is 0 Å². The predicted molar refractivity (Wildman–Crippen MR) is 103 cm³/mol. The number of para-hydroxylation sites is 2. The summed E-state index contributed by atoms with van der Waals surface area (Å²) in [5, 5.41) is 3.60. The summed E-state index contributed by atoms with van der Waals surface area (Å²) in [7, 11) is -2.19. The van der Waals surface area contributed by atoms with Gasteiger partial charge in [0.25, 0.3) is 0 Å². The summed E-state index contributed by atoms with van der Waals surface area (Å²) in [6, 6.07) is 12.3. The van der Waals surface area contributed by atoms with Gasteiger partial charge in [0, 0.05) is 18.5 Å². The van der Waals surface area contributed by atoms with Gasteiger partial charge in [-0.1, -0.05) is 18.2 Å². The van der Waals surface area contributed by atoms with Gasteiger partial charge in [0.2, 0.25) is 15.9 Å². The van der Waals surface area contributed by atoms with Crippen LogP contribution in [-0.4, -0.2) is 51.5 Å². The van der Waals surface area contributed by atoms with Crippen LogP contribution in [-0.2, 0) is 14.8 Å². The van der Waals surface area contributed by atoms with Gasteiger partial charge in [0.1, 0.15) is 12.3 Å². The molecule has 0 atom stereocenters. The van der Waals surface area contributed by atoms with Crippen LogP contribution in [0, 0.1) is 0 Å². The number of amides is 1. The summed E-state index contributed by atoms with van der Waals surface area (Å²) in [5.41, 5.74) is 0.329. The maximum atomic E-state index is 12.2. The number of hydrogen-bond donors (Lipinski definition) is 1. The summed E-state index contributed by atoms with van der Waals surface area (Å²) in [6.45, 7) is 0.0943. The number of sulfonamides is 1. The molecule has 26 heavy (non-hydrogen) atoms. The van der Waals surface area contributed by atoms with Crippen LogP contribution < -0.4 is 14.4 Å². The normalized spacial score (nSPS) is 11.0. The van der Waals surface area contributed by atoms with E-state index in [1.807, 2.05) is 18.2 Å². The first-order chi connectivity index (χ1) is 12.4. The molecule has 0 aliphatic carbocycles. The first-order valence-corrected chi connectivity index (χ1v) is 10.7. The Labute approximate surface area is 157 Å². The fraction of sp³-hybridized carbons (Fsp3) is 0.294. The van der Waals surface area contributed by atoms with Crippen molar-refractivity contribution in [3.63, 3.8) is 0 Å². The molecule has 1 N–H and O–H groups in total. The Balaban J connectivity index is 1.95. The van der Waals surface area contributed by atoms with Crippen molar-refractivity contribution >= 4 is 33.4 Å². The fourth-order valence-corrected chi connectivity index (χ4v) is 3.77. The number of pyridine rings is 1.